The molecule has 34 heavy (non-hydrogen) atoms. The molecule has 0 spiro atoms. The largest absolute Gasteiger partial charge is 0.452 e. The second-order valence-electron chi connectivity index (χ2n) is 7.68. The van der Waals surface area contributed by atoms with Gasteiger partial charge >= 0.3 is 12.1 Å². The molecular weight excluding hydrogens is 464 g/mol. The SMILES string of the molecule is CCOC(=O)N1CCN(C(=O)COC(=O)c2ccc3c(c2)S(=O)(=O)c2ccccc2C3=O)CC1. The standard InChI is InChI=1S/C23H22N2O8S/c1-2-32-23(29)25-11-9-24(10-12-25)20(26)14-33-22(28)15-7-8-17-19(13-15)34(30,31)18-6-4-3-5-16(18)21(17)27/h3-8,13H,2,9-12,14H2,1H3. The molecule has 2 heterocycles. The van der Waals surface area contributed by atoms with Gasteiger partial charge in [-0.15, -0.1) is 0 Å². The number of ether oxygens (including phenoxy) is 2. The van der Waals surface area contributed by atoms with Crippen LogP contribution in [0.15, 0.2) is 52.3 Å². The van der Waals surface area contributed by atoms with E-state index < -0.39 is 40.2 Å². The fourth-order valence-electron chi connectivity index (χ4n) is 3.87. The van der Waals surface area contributed by atoms with Crippen molar-refractivity contribution in [2.75, 3.05) is 39.4 Å². The molecule has 178 valence electrons. The molecular formula is C23H22N2O8S. The molecule has 0 atom stereocenters. The van der Waals surface area contributed by atoms with Crippen LogP contribution in [-0.4, -0.2) is 81.4 Å². The number of sulfone groups is 1. The van der Waals surface area contributed by atoms with Gasteiger partial charge in [0, 0.05) is 37.3 Å². The molecule has 2 amide bonds. The van der Waals surface area contributed by atoms with E-state index in [0.29, 0.717) is 13.1 Å². The van der Waals surface area contributed by atoms with Crippen LogP contribution in [0.1, 0.15) is 33.2 Å². The van der Waals surface area contributed by atoms with Crippen molar-refractivity contribution >= 4 is 33.6 Å². The number of hydrogen-bond donors (Lipinski definition) is 0. The Labute approximate surface area is 196 Å². The van der Waals surface area contributed by atoms with Crippen molar-refractivity contribution in [2.24, 2.45) is 0 Å². The normalized spacial score (nSPS) is 16.3. The topological polar surface area (TPSA) is 127 Å². The first kappa shape index (κ1) is 23.4. The summed E-state index contributed by atoms with van der Waals surface area (Å²) in [6, 6.07) is 9.56. The van der Waals surface area contributed by atoms with Crippen LogP contribution in [0.5, 0.6) is 0 Å². The number of amides is 2. The van der Waals surface area contributed by atoms with E-state index in [-0.39, 0.29) is 46.2 Å². The average molecular weight is 487 g/mol. The van der Waals surface area contributed by atoms with Gasteiger partial charge in [-0.25, -0.2) is 18.0 Å². The maximum Gasteiger partial charge on any atom is 0.409 e. The predicted octanol–water partition coefficient (Wildman–Crippen LogP) is 1.52. The molecule has 0 aliphatic carbocycles. The van der Waals surface area contributed by atoms with Crippen LogP contribution in [0.4, 0.5) is 4.79 Å². The third kappa shape index (κ3) is 4.26. The van der Waals surface area contributed by atoms with E-state index in [1.54, 1.807) is 13.0 Å². The lowest BCUT2D eigenvalue weighted by atomic mass is 10.0. The Morgan fingerprint density at radius 2 is 1.53 bits per heavy atom. The highest BCUT2D eigenvalue weighted by Crippen LogP contribution is 2.34. The summed E-state index contributed by atoms with van der Waals surface area (Å²) in [6.07, 6.45) is -0.440. The van der Waals surface area contributed by atoms with E-state index in [9.17, 15) is 27.6 Å². The van der Waals surface area contributed by atoms with Crippen molar-refractivity contribution in [1.29, 1.82) is 0 Å². The summed E-state index contributed by atoms with van der Waals surface area (Å²) in [6.45, 7) is 2.58. The lowest BCUT2D eigenvalue weighted by Crippen LogP contribution is -2.51. The van der Waals surface area contributed by atoms with E-state index in [0.717, 1.165) is 6.07 Å². The summed E-state index contributed by atoms with van der Waals surface area (Å²) < 4.78 is 36.0. The second kappa shape index (κ2) is 9.26. The zero-order valence-corrected chi connectivity index (χ0v) is 19.2. The summed E-state index contributed by atoms with van der Waals surface area (Å²) in [5.41, 5.74) is -0.0285. The van der Waals surface area contributed by atoms with E-state index in [1.807, 2.05) is 0 Å². The first-order valence-corrected chi connectivity index (χ1v) is 12.1. The maximum atomic E-state index is 13.0. The van der Waals surface area contributed by atoms with Crippen LogP contribution < -0.4 is 0 Å². The zero-order valence-electron chi connectivity index (χ0n) is 18.4. The van der Waals surface area contributed by atoms with Gasteiger partial charge in [-0.05, 0) is 37.3 Å². The number of piperazine rings is 1. The van der Waals surface area contributed by atoms with Crippen LogP contribution in [0.25, 0.3) is 0 Å². The van der Waals surface area contributed by atoms with Crippen LogP contribution in [0, 0.1) is 0 Å². The number of benzene rings is 2. The summed E-state index contributed by atoms with van der Waals surface area (Å²) in [4.78, 5) is 52.0. The minimum Gasteiger partial charge on any atom is -0.452 e. The molecule has 11 heteroatoms. The van der Waals surface area contributed by atoms with Crippen molar-refractivity contribution in [3.63, 3.8) is 0 Å². The number of carbonyl (C=O) groups excluding carboxylic acids is 4. The third-order valence-corrected chi connectivity index (χ3v) is 7.51. The van der Waals surface area contributed by atoms with Gasteiger partial charge in [0.25, 0.3) is 5.91 Å². The van der Waals surface area contributed by atoms with Crippen molar-refractivity contribution in [1.82, 2.24) is 9.80 Å². The summed E-state index contributed by atoms with van der Waals surface area (Å²) >= 11 is 0. The van der Waals surface area contributed by atoms with Gasteiger partial charge in [-0.3, -0.25) is 9.59 Å². The van der Waals surface area contributed by atoms with Crippen LogP contribution >= 0.6 is 0 Å². The Morgan fingerprint density at radius 1 is 0.882 bits per heavy atom. The monoisotopic (exact) mass is 486 g/mol. The highest BCUT2D eigenvalue weighted by atomic mass is 32.2. The molecule has 0 radical (unpaired) electrons. The number of hydrogen-bond acceptors (Lipinski definition) is 8. The Bertz CT molecular complexity index is 1280. The molecule has 2 aliphatic rings. The molecule has 1 saturated heterocycles. The molecule has 2 aromatic carbocycles. The fourth-order valence-corrected chi connectivity index (χ4v) is 5.54. The first-order chi connectivity index (χ1) is 16.2. The number of rotatable bonds is 4. The van der Waals surface area contributed by atoms with Crippen molar-refractivity contribution < 1.29 is 37.1 Å². The van der Waals surface area contributed by atoms with Crippen molar-refractivity contribution in [3.05, 3.63) is 59.2 Å². The van der Waals surface area contributed by atoms with Crippen LogP contribution in [-0.2, 0) is 24.1 Å². The highest BCUT2D eigenvalue weighted by Gasteiger charge is 2.35. The lowest BCUT2D eigenvalue weighted by Gasteiger charge is -2.33. The van der Waals surface area contributed by atoms with Gasteiger partial charge in [-0.1, -0.05) is 12.1 Å². The number of ketones is 1. The summed E-state index contributed by atoms with van der Waals surface area (Å²) in [5.74, 6) is -1.77. The van der Waals surface area contributed by atoms with Gasteiger partial charge in [-0.2, -0.15) is 0 Å². The average Bonchev–Trinajstić information content (AvgIpc) is 2.86. The maximum absolute atomic E-state index is 13.0. The Hall–Kier alpha value is -3.73. The molecule has 2 aliphatic heterocycles. The number of fused-ring (bicyclic) bond motifs is 2. The van der Waals surface area contributed by atoms with E-state index in [4.69, 9.17) is 9.47 Å². The minimum absolute atomic E-state index is 0.0224. The highest BCUT2D eigenvalue weighted by molar-refractivity contribution is 7.91. The quantitative estimate of drug-likeness (QED) is 0.508. The second-order valence-corrected chi connectivity index (χ2v) is 9.57. The molecule has 0 unspecified atom stereocenters. The van der Waals surface area contributed by atoms with Crippen molar-refractivity contribution in [2.45, 2.75) is 16.7 Å². The van der Waals surface area contributed by atoms with Gasteiger partial charge in [0.15, 0.2) is 12.4 Å². The van der Waals surface area contributed by atoms with E-state index in [2.05, 4.69) is 0 Å². The smallest absolute Gasteiger partial charge is 0.409 e. The Kier molecular flexibility index (Phi) is 6.38. The summed E-state index contributed by atoms with van der Waals surface area (Å²) in [7, 11) is -4.00. The van der Waals surface area contributed by atoms with Gasteiger partial charge in [0.2, 0.25) is 9.84 Å². The van der Waals surface area contributed by atoms with E-state index >= 15 is 0 Å². The van der Waals surface area contributed by atoms with Crippen molar-refractivity contribution in [3.8, 4) is 0 Å². The molecule has 1 fully saturated rings. The van der Waals surface area contributed by atoms with Gasteiger partial charge < -0.3 is 19.3 Å². The molecule has 0 bridgehead atoms. The predicted molar refractivity (Wildman–Crippen MR) is 117 cm³/mol. The third-order valence-electron chi connectivity index (χ3n) is 5.66. The van der Waals surface area contributed by atoms with Crippen LogP contribution in [0.2, 0.25) is 0 Å². The molecule has 0 saturated carbocycles. The van der Waals surface area contributed by atoms with Gasteiger partial charge in [0.1, 0.15) is 0 Å². The summed E-state index contributed by atoms with van der Waals surface area (Å²) in [5, 5.41) is 0. The first-order valence-electron chi connectivity index (χ1n) is 10.6. The molecule has 4 rings (SSSR count). The number of esters is 1. The Morgan fingerprint density at radius 3 is 2.24 bits per heavy atom. The number of carbonyl (C=O) groups is 4. The Balaban J connectivity index is 1.41. The van der Waals surface area contributed by atoms with Crippen LogP contribution in [0.3, 0.4) is 0 Å². The molecule has 10 nitrogen and oxygen atoms in total. The minimum atomic E-state index is -4.00. The molecule has 0 N–H and O–H groups in total. The lowest BCUT2D eigenvalue weighted by molar-refractivity contribution is -0.136. The fraction of sp³-hybridized carbons (Fsp3) is 0.304. The zero-order chi connectivity index (χ0) is 24.5. The van der Waals surface area contributed by atoms with Gasteiger partial charge in [0.05, 0.1) is 22.0 Å². The number of nitrogens with zero attached hydrogens (tertiary/aromatic N) is 2. The van der Waals surface area contributed by atoms with E-state index in [1.165, 1.54) is 40.1 Å². The molecule has 0 aromatic heterocycles. The molecule has 2 aromatic rings.